The van der Waals surface area contributed by atoms with Gasteiger partial charge in [0.15, 0.2) is 0 Å². The van der Waals surface area contributed by atoms with Crippen molar-refractivity contribution in [3.63, 3.8) is 0 Å². The fraction of sp³-hybridized carbons (Fsp3) is 1.00. The third-order valence-corrected chi connectivity index (χ3v) is 2.44. The van der Waals surface area contributed by atoms with Crippen LogP contribution in [0.15, 0.2) is 0 Å². The first-order chi connectivity index (χ1) is 4.88. The standard InChI is InChI=1S/C8H18N2/c1-3-7-4-5-10-8(7)6-9-2/h7-10H,3-6H2,1-2H3. The lowest BCUT2D eigenvalue weighted by atomic mass is 9.98. The van der Waals surface area contributed by atoms with Crippen LogP contribution in [0.3, 0.4) is 0 Å². The molecule has 1 fully saturated rings. The van der Waals surface area contributed by atoms with E-state index >= 15 is 0 Å². The molecule has 1 rings (SSSR count). The van der Waals surface area contributed by atoms with Crippen LogP contribution < -0.4 is 10.6 Å². The maximum atomic E-state index is 3.50. The molecule has 2 nitrogen and oxygen atoms in total. The molecule has 0 aliphatic carbocycles. The molecule has 0 saturated carbocycles. The van der Waals surface area contributed by atoms with Gasteiger partial charge in [0.1, 0.15) is 0 Å². The average molecular weight is 142 g/mol. The first-order valence-corrected chi connectivity index (χ1v) is 4.26. The summed E-state index contributed by atoms with van der Waals surface area (Å²) >= 11 is 0. The zero-order valence-electron chi connectivity index (χ0n) is 6.98. The fourth-order valence-corrected chi connectivity index (χ4v) is 1.77. The Kier molecular flexibility index (Phi) is 3.16. The SMILES string of the molecule is CCC1CCNC1CNC. The minimum Gasteiger partial charge on any atom is -0.318 e. The molecular weight excluding hydrogens is 124 g/mol. The molecule has 2 heteroatoms. The molecule has 1 aliphatic rings. The van der Waals surface area contributed by atoms with Crippen molar-refractivity contribution in [3.8, 4) is 0 Å². The van der Waals surface area contributed by atoms with E-state index < -0.39 is 0 Å². The molecule has 0 radical (unpaired) electrons. The van der Waals surface area contributed by atoms with Crippen molar-refractivity contribution in [1.82, 2.24) is 10.6 Å². The molecular formula is C8H18N2. The van der Waals surface area contributed by atoms with Crippen LogP contribution in [0.25, 0.3) is 0 Å². The summed E-state index contributed by atoms with van der Waals surface area (Å²) in [5.41, 5.74) is 0. The predicted octanol–water partition coefficient (Wildman–Crippen LogP) is 0.594. The van der Waals surface area contributed by atoms with E-state index in [0.717, 1.165) is 18.5 Å². The molecule has 0 spiro atoms. The molecule has 0 aromatic heterocycles. The molecule has 2 atom stereocenters. The van der Waals surface area contributed by atoms with E-state index in [1.807, 2.05) is 7.05 Å². The van der Waals surface area contributed by atoms with E-state index in [9.17, 15) is 0 Å². The van der Waals surface area contributed by atoms with Crippen molar-refractivity contribution in [2.75, 3.05) is 20.1 Å². The van der Waals surface area contributed by atoms with Crippen LogP contribution in [0.4, 0.5) is 0 Å². The van der Waals surface area contributed by atoms with Gasteiger partial charge < -0.3 is 10.6 Å². The third kappa shape index (κ3) is 1.70. The smallest absolute Gasteiger partial charge is 0.0220 e. The van der Waals surface area contributed by atoms with Gasteiger partial charge in [0.05, 0.1) is 0 Å². The Labute approximate surface area is 63.4 Å². The Morgan fingerprint density at radius 1 is 1.60 bits per heavy atom. The first kappa shape index (κ1) is 8.02. The van der Waals surface area contributed by atoms with Gasteiger partial charge in [0, 0.05) is 12.6 Å². The van der Waals surface area contributed by atoms with E-state index in [2.05, 4.69) is 17.6 Å². The predicted molar refractivity (Wildman–Crippen MR) is 44.1 cm³/mol. The van der Waals surface area contributed by atoms with E-state index in [1.54, 1.807) is 0 Å². The van der Waals surface area contributed by atoms with Gasteiger partial charge in [0.25, 0.3) is 0 Å². The number of hydrogen-bond acceptors (Lipinski definition) is 2. The minimum atomic E-state index is 0.731. The molecule has 0 aromatic rings. The number of hydrogen-bond donors (Lipinski definition) is 2. The van der Waals surface area contributed by atoms with Crippen LogP contribution in [0.5, 0.6) is 0 Å². The molecule has 0 aromatic carbocycles. The highest BCUT2D eigenvalue weighted by Crippen LogP contribution is 2.17. The molecule has 2 unspecified atom stereocenters. The normalized spacial score (nSPS) is 33.0. The second kappa shape index (κ2) is 3.94. The van der Waals surface area contributed by atoms with Crippen LogP contribution >= 0.6 is 0 Å². The summed E-state index contributed by atoms with van der Waals surface area (Å²) in [5.74, 6) is 0.910. The summed E-state index contributed by atoms with van der Waals surface area (Å²) in [5, 5.41) is 6.71. The van der Waals surface area contributed by atoms with Gasteiger partial charge >= 0.3 is 0 Å². The van der Waals surface area contributed by atoms with Crippen LogP contribution in [-0.2, 0) is 0 Å². The maximum absolute atomic E-state index is 3.50. The highest BCUT2D eigenvalue weighted by molar-refractivity contribution is 4.83. The molecule has 1 heterocycles. The highest BCUT2D eigenvalue weighted by atomic mass is 15.0. The third-order valence-electron chi connectivity index (χ3n) is 2.44. The van der Waals surface area contributed by atoms with Crippen LogP contribution in [0.1, 0.15) is 19.8 Å². The number of nitrogens with one attached hydrogen (secondary N) is 2. The van der Waals surface area contributed by atoms with Gasteiger partial charge in [-0.05, 0) is 25.9 Å². The fourth-order valence-electron chi connectivity index (χ4n) is 1.77. The summed E-state index contributed by atoms with van der Waals surface area (Å²) in [7, 11) is 2.02. The minimum absolute atomic E-state index is 0.731. The molecule has 2 N–H and O–H groups in total. The second-order valence-electron chi connectivity index (χ2n) is 3.08. The topological polar surface area (TPSA) is 24.1 Å². The largest absolute Gasteiger partial charge is 0.318 e. The lowest BCUT2D eigenvalue weighted by molar-refractivity contribution is 0.422. The molecule has 1 saturated heterocycles. The van der Waals surface area contributed by atoms with Gasteiger partial charge in [-0.1, -0.05) is 13.3 Å². The van der Waals surface area contributed by atoms with E-state index in [1.165, 1.54) is 19.4 Å². The summed E-state index contributed by atoms with van der Waals surface area (Å²) in [6.45, 7) is 4.61. The van der Waals surface area contributed by atoms with E-state index in [-0.39, 0.29) is 0 Å². The Morgan fingerprint density at radius 2 is 2.40 bits per heavy atom. The van der Waals surface area contributed by atoms with Crippen molar-refractivity contribution in [3.05, 3.63) is 0 Å². The molecule has 0 amide bonds. The average Bonchev–Trinajstić information content (AvgIpc) is 2.36. The summed E-state index contributed by atoms with van der Waals surface area (Å²) in [6.07, 6.45) is 2.68. The van der Waals surface area contributed by atoms with E-state index in [0.29, 0.717) is 0 Å². The lowest BCUT2D eigenvalue weighted by Gasteiger charge is -2.16. The number of rotatable bonds is 3. The molecule has 60 valence electrons. The van der Waals surface area contributed by atoms with Gasteiger partial charge in [-0.15, -0.1) is 0 Å². The van der Waals surface area contributed by atoms with Gasteiger partial charge in [-0.3, -0.25) is 0 Å². The first-order valence-electron chi connectivity index (χ1n) is 4.26. The van der Waals surface area contributed by atoms with Crippen molar-refractivity contribution >= 4 is 0 Å². The van der Waals surface area contributed by atoms with Crippen LogP contribution in [0.2, 0.25) is 0 Å². The Morgan fingerprint density at radius 3 is 3.00 bits per heavy atom. The second-order valence-corrected chi connectivity index (χ2v) is 3.08. The van der Waals surface area contributed by atoms with Gasteiger partial charge in [0.2, 0.25) is 0 Å². The van der Waals surface area contributed by atoms with Crippen LogP contribution in [0, 0.1) is 5.92 Å². The van der Waals surface area contributed by atoms with Gasteiger partial charge in [-0.25, -0.2) is 0 Å². The van der Waals surface area contributed by atoms with Gasteiger partial charge in [-0.2, -0.15) is 0 Å². The Balaban J connectivity index is 2.27. The van der Waals surface area contributed by atoms with Crippen molar-refractivity contribution < 1.29 is 0 Å². The van der Waals surface area contributed by atoms with E-state index in [4.69, 9.17) is 0 Å². The van der Waals surface area contributed by atoms with Crippen molar-refractivity contribution in [2.45, 2.75) is 25.8 Å². The zero-order chi connectivity index (χ0) is 7.40. The molecule has 0 bridgehead atoms. The maximum Gasteiger partial charge on any atom is 0.0220 e. The zero-order valence-corrected chi connectivity index (χ0v) is 6.98. The van der Waals surface area contributed by atoms with Crippen molar-refractivity contribution in [2.24, 2.45) is 5.92 Å². The monoisotopic (exact) mass is 142 g/mol. The van der Waals surface area contributed by atoms with Crippen LogP contribution in [-0.4, -0.2) is 26.2 Å². The Bertz CT molecular complexity index is 93.3. The Hall–Kier alpha value is -0.0800. The molecule has 10 heavy (non-hydrogen) atoms. The summed E-state index contributed by atoms with van der Waals surface area (Å²) < 4.78 is 0. The summed E-state index contributed by atoms with van der Waals surface area (Å²) in [4.78, 5) is 0. The highest BCUT2D eigenvalue weighted by Gasteiger charge is 2.23. The molecule has 1 aliphatic heterocycles. The van der Waals surface area contributed by atoms with Crippen molar-refractivity contribution in [1.29, 1.82) is 0 Å². The lowest BCUT2D eigenvalue weighted by Crippen LogP contribution is -2.36. The quantitative estimate of drug-likeness (QED) is 0.603. The summed E-state index contributed by atoms with van der Waals surface area (Å²) in [6, 6.07) is 0.731. The number of likely N-dealkylation sites (N-methyl/N-ethyl adjacent to an activating group) is 1.